The van der Waals surface area contributed by atoms with Crippen LogP contribution < -0.4 is 10.9 Å². The quantitative estimate of drug-likeness (QED) is 0.814. The van der Waals surface area contributed by atoms with Crippen LogP contribution in [0.2, 0.25) is 0 Å². The van der Waals surface area contributed by atoms with Crippen LogP contribution in [0.4, 0.5) is 10.1 Å². The molecule has 0 spiro atoms. The third-order valence-electron chi connectivity index (χ3n) is 4.46. The van der Waals surface area contributed by atoms with E-state index >= 15 is 0 Å². The molecule has 1 aromatic carbocycles. The summed E-state index contributed by atoms with van der Waals surface area (Å²) in [5, 5.41) is 6.71. The summed E-state index contributed by atoms with van der Waals surface area (Å²) in [6.07, 6.45) is 3.52. The lowest BCUT2D eigenvalue weighted by Gasteiger charge is -2.14. The molecule has 3 rings (SSSR count). The Balaban J connectivity index is 2.00. The van der Waals surface area contributed by atoms with Crippen LogP contribution in [0.25, 0.3) is 5.69 Å². The smallest absolute Gasteiger partial charge is 0.360 e. The number of benzene rings is 1. The number of nitrogens with zero attached hydrogens (tertiary/aromatic N) is 2. The van der Waals surface area contributed by atoms with Crippen LogP contribution >= 0.6 is 0 Å². The molecule has 2 aromatic rings. The Morgan fingerprint density at radius 3 is 2.56 bits per heavy atom. The monoisotopic (exact) mass is 373 g/mol. The molecule has 8 heteroatoms. The number of rotatable bonds is 5. The number of amides is 1. The Labute approximate surface area is 155 Å². The van der Waals surface area contributed by atoms with E-state index in [1.54, 1.807) is 6.92 Å². The standard InChI is InChI=1S/C19H20FN3O4/c1-2-27-19(26)17-15(21-18(25)12-5-3-4-6-12)11-16(24)23(22-17)14-9-7-13(20)8-10-14/h7-12H,2-6H2,1H3,(H,21,25). The number of hydrogen-bond acceptors (Lipinski definition) is 5. The fourth-order valence-electron chi connectivity index (χ4n) is 3.09. The van der Waals surface area contributed by atoms with Crippen LogP contribution in [0, 0.1) is 11.7 Å². The lowest BCUT2D eigenvalue weighted by molar-refractivity contribution is -0.119. The van der Waals surface area contributed by atoms with Crippen LogP contribution in [0.3, 0.4) is 0 Å². The molecule has 0 bridgehead atoms. The van der Waals surface area contributed by atoms with E-state index in [9.17, 15) is 18.8 Å². The number of aromatic nitrogens is 2. The molecule has 1 amide bonds. The van der Waals surface area contributed by atoms with Crippen molar-refractivity contribution in [3.63, 3.8) is 0 Å². The highest BCUT2D eigenvalue weighted by Crippen LogP contribution is 2.26. The minimum Gasteiger partial charge on any atom is -0.461 e. The van der Waals surface area contributed by atoms with E-state index in [0.717, 1.165) is 36.4 Å². The second-order valence-corrected chi connectivity index (χ2v) is 6.32. The SMILES string of the molecule is CCOC(=O)c1nn(-c2ccc(F)cc2)c(=O)cc1NC(=O)C1CCCC1. The summed E-state index contributed by atoms with van der Waals surface area (Å²) in [6, 6.07) is 6.24. The van der Waals surface area contributed by atoms with Gasteiger partial charge in [-0.3, -0.25) is 9.59 Å². The normalized spacial score (nSPS) is 14.1. The van der Waals surface area contributed by atoms with Crippen molar-refractivity contribution in [2.75, 3.05) is 11.9 Å². The molecule has 1 aliphatic rings. The molecule has 1 saturated carbocycles. The van der Waals surface area contributed by atoms with Gasteiger partial charge in [0, 0.05) is 12.0 Å². The molecule has 1 fully saturated rings. The number of hydrogen-bond donors (Lipinski definition) is 1. The zero-order valence-corrected chi connectivity index (χ0v) is 14.9. The average molecular weight is 373 g/mol. The second-order valence-electron chi connectivity index (χ2n) is 6.32. The number of carbonyl (C=O) groups is 2. The van der Waals surface area contributed by atoms with Crippen LogP contribution in [0.15, 0.2) is 35.1 Å². The lowest BCUT2D eigenvalue weighted by Crippen LogP contribution is -2.28. The predicted octanol–water partition coefficient (Wildman–Crippen LogP) is 2.68. The van der Waals surface area contributed by atoms with Gasteiger partial charge in [-0.05, 0) is 44.0 Å². The third-order valence-corrected chi connectivity index (χ3v) is 4.46. The van der Waals surface area contributed by atoms with Crippen LogP contribution in [0.1, 0.15) is 43.1 Å². The van der Waals surface area contributed by atoms with Crippen molar-refractivity contribution in [3.8, 4) is 5.69 Å². The maximum atomic E-state index is 13.1. The topological polar surface area (TPSA) is 90.3 Å². The summed E-state index contributed by atoms with van der Waals surface area (Å²) in [4.78, 5) is 37.2. The Morgan fingerprint density at radius 2 is 1.93 bits per heavy atom. The predicted molar refractivity (Wildman–Crippen MR) is 96.3 cm³/mol. The van der Waals surface area contributed by atoms with E-state index < -0.39 is 17.3 Å². The number of anilines is 1. The van der Waals surface area contributed by atoms with Gasteiger partial charge in [0.05, 0.1) is 18.0 Å². The first-order valence-electron chi connectivity index (χ1n) is 8.88. The van der Waals surface area contributed by atoms with Gasteiger partial charge in [0.25, 0.3) is 5.56 Å². The van der Waals surface area contributed by atoms with Crippen molar-refractivity contribution >= 4 is 17.6 Å². The van der Waals surface area contributed by atoms with Gasteiger partial charge in [0.15, 0.2) is 5.69 Å². The fourth-order valence-corrected chi connectivity index (χ4v) is 3.09. The zero-order valence-electron chi connectivity index (χ0n) is 14.9. The maximum absolute atomic E-state index is 13.1. The highest BCUT2D eigenvalue weighted by molar-refractivity contribution is 6.00. The Kier molecular flexibility index (Phi) is 5.63. The molecule has 0 saturated heterocycles. The summed E-state index contributed by atoms with van der Waals surface area (Å²) < 4.78 is 19.1. The van der Waals surface area contributed by atoms with E-state index in [0.29, 0.717) is 5.69 Å². The van der Waals surface area contributed by atoms with Gasteiger partial charge in [0.1, 0.15) is 5.82 Å². The van der Waals surface area contributed by atoms with Crippen LogP contribution in [-0.4, -0.2) is 28.3 Å². The number of esters is 1. The minimum absolute atomic E-state index is 0.0220. The Bertz CT molecular complexity index is 902. The van der Waals surface area contributed by atoms with Gasteiger partial charge in [-0.25, -0.2) is 9.18 Å². The molecule has 0 radical (unpaired) electrons. The fraction of sp³-hybridized carbons (Fsp3) is 0.368. The summed E-state index contributed by atoms with van der Waals surface area (Å²) in [5.74, 6) is -1.59. The molecule has 27 heavy (non-hydrogen) atoms. The number of ether oxygens (including phenoxy) is 1. The molecule has 1 heterocycles. The maximum Gasteiger partial charge on any atom is 0.360 e. The van der Waals surface area contributed by atoms with Gasteiger partial charge in [0.2, 0.25) is 5.91 Å². The highest BCUT2D eigenvalue weighted by atomic mass is 19.1. The first-order valence-corrected chi connectivity index (χ1v) is 8.88. The van der Waals surface area contributed by atoms with Gasteiger partial charge in [-0.15, -0.1) is 0 Å². The molecule has 0 aliphatic heterocycles. The molecule has 1 N–H and O–H groups in total. The van der Waals surface area contributed by atoms with Gasteiger partial charge in [-0.1, -0.05) is 12.8 Å². The number of nitrogens with one attached hydrogen (secondary N) is 1. The van der Waals surface area contributed by atoms with E-state index in [-0.39, 0.29) is 29.8 Å². The molecule has 1 aromatic heterocycles. The summed E-state index contributed by atoms with van der Waals surface area (Å²) in [7, 11) is 0. The molecule has 0 unspecified atom stereocenters. The number of carbonyl (C=O) groups excluding carboxylic acids is 2. The Morgan fingerprint density at radius 1 is 1.26 bits per heavy atom. The minimum atomic E-state index is -0.755. The van der Waals surface area contributed by atoms with E-state index in [1.165, 1.54) is 24.3 Å². The largest absolute Gasteiger partial charge is 0.461 e. The van der Waals surface area contributed by atoms with Crippen LogP contribution in [-0.2, 0) is 9.53 Å². The van der Waals surface area contributed by atoms with Crippen molar-refractivity contribution in [2.45, 2.75) is 32.6 Å². The van der Waals surface area contributed by atoms with E-state index in [2.05, 4.69) is 10.4 Å². The summed E-state index contributed by atoms with van der Waals surface area (Å²) in [6.45, 7) is 1.76. The summed E-state index contributed by atoms with van der Waals surface area (Å²) >= 11 is 0. The van der Waals surface area contributed by atoms with Crippen molar-refractivity contribution in [3.05, 3.63) is 52.2 Å². The van der Waals surface area contributed by atoms with Gasteiger partial charge >= 0.3 is 5.97 Å². The van der Waals surface area contributed by atoms with Crippen molar-refractivity contribution < 1.29 is 18.7 Å². The molecule has 142 valence electrons. The second kappa shape index (κ2) is 8.11. The highest BCUT2D eigenvalue weighted by Gasteiger charge is 2.26. The van der Waals surface area contributed by atoms with Gasteiger partial charge < -0.3 is 10.1 Å². The molecular weight excluding hydrogens is 353 g/mol. The first-order chi connectivity index (χ1) is 13.0. The summed E-state index contributed by atoms with van der Waals surface area (Å²) in [5.41, 5.74) is -0.419. The average Bonchev–Trinajstić information content (AvgIpc) is 3.18. The van der Waals surface area contributed by atoms with Gasteiger partial charge in [-0.2, -0.15) is 9.78 Å². The Hall–Kier alpha value is -3.03. The number of halogens is 1. The first kappa shape index (κ1) is 18.8. The van der Waals surface area contributed by atoms with Crippen molar-refractivity contribution in [1.29, 1.82) is 0 Å². The molecule has 7 nitrogen and oxygen atoms in total. The van der Waals surface area contributed by atoms with Crippen LogP contribution in [0.5, 0.6) is 0 Å². The molecular formula is C19H20FN3O4. The van der Waals surface area contributed by atoms with Crippen molar-refractivity contribution in [1.82, 2.24) is 9.78 Å². The molecule has 1 aliphatic carbocycles. The molecule has 0 atom stereocenters. The third kappa shape index (κ3) is 4.21. The lowest BCUT2D eigenvalue weighted by atomic mass is 10.1. The van der Waals surface area contributed by atoms with Crippen molar-refractivity contribution in [2.24, 2.45) is 5.92 Å². The zero-order chi connectivity index (χ0) is 19.4. The van der Waals surface area contributed by atoms with E-state index in [1.807, 2.05) is 0 Å². The van der Waals surface area contributed by atoms with E-state index in [4.69, 9.17) is 4.74 Å².